The van der Waals surface area contributed by atoms with E-state index in [-0.39, 0.29) is 11.1 Å². The summed E-state index contributed by atoms with van der Waals surface area (Å²) in [4.78, 5) is 10.9. The molecule has 0 spiro atoms. The molecule has 0 aromatic carbocycles. The average molecular weight is 295 g/mol. The van der Waals surface area contributed by atoms with Gasteiger partial charge in [-0.05, 0) is 25.3 Å². The van der Waals surface area contributed by atoms with Crippen LogP contribution in [-0.2, 0) is 18.3 Å². The molecule has 6 nitrogen and oxygen atoms in total. The van der Waals surface area contributed by atoms with E-state index in [1.165, 1.54) is 6.42 Å². The molecule has 0 bridgehead atoms. The summed E-state index contributed by atoms with van der Waals surface area (Å²) < 4.78 is 7.48. The zero-order valence-corrected chi connectivity index (χ0v) is 13.1. The van der Waals surface area contributed by atoms with E-state index >= 15 is 0 Å². The molecule has 0 radical (unpaired) electrons. The summed E-state index contributed by atoms with van der Waals surface area (Å²) in [6.07, 6.45) is 3.80. The number of aromatic carboxylic acids is 1. The van der Waals surface area contributed by atoms with Gasteiger partial charge in [0, 0.05) is 32.2 Å². The second-order valence-electron chi connectivity index (χ2n) is 6.40. The van der Waals surface area contributed by atoms with E-state index in [4.69, 9.17) is 9.84 Å². The molecule has 1 aromatic rings. The highest BCUT2D eigenvalue weighted by Crippen LogP contribution is 2.29. The quantitative estimate of drug-likeness (QED) is 0.837. The Labute approximate surface area is 125 Å². The van der Waals surface area contributed by atoms with Crippen LogP contribution in [0.4, 0.5) is 0 Å². The van der Waals surface area contributed by atoms with Gasteiger partial charge in [-0.2, -0.15) is 5.10 Å². The number of hydrogen-bond donors (Lipinski definition) is 2. The summed E-state index contributed by atoms with van der Waals surface area (Å²) in [6.45, 7) is 6.71. The van der Waals surface area contributed by atoms with Gasteiger partial charge in [0.1, 0.15) is 0 Å². The van der Waals surface area contributed by atoms with Gasteiger partial charge in [-0.15, -0.1) is 0 Å². The normalized spacial score (nSPS) is 19.7. The summed E-state index contributed by atoms with van der Waals surface area (Å²) in [5.41, 5.74) is 1.02. The van der Waals surface area contributed by atoms with Crippen molar-refractivity contribution in [3.63, 3.8) is 0 Å². The maximum atomic E-state index is 10.9. The van der Waals surface area contributed by atoms with Gasteiger partial charge in [0.25, 0.3) is 0 Å². The SMILES string of the molecule is Cn1nc(C(=O)O)cc1CNCC(C)(C)C1CCCCO1. The zero-order chi connectivity index (χ0) is 15.5. The Morgan fingerprint density at radius 3 is 2.90 bits per heavy atom. The molecule has 118 valence electrons. The fraction of sp³-hybridized carbons (Fsp3) is 0.733. The first-order valence-electron chi connectivity index (χ1n) is 7.49. The van der Waals surface area contributed by atoms with Gasteiger partial charge in [-0.3, -0.25) is 4.68 Å². The van der Waals surface area contributed by atoms with Gasteiger partial charge in [0.2, 0.25) is 0 Å². The molecule has 1 saturated heterocycles. The summed E-state index contributed by atoms with van der Waals surface area (Å²) in [5.74, 6) is -0.993. The molecule has 1 atom stereocenters. The monoisotopic (exact) mass is 295 g/mol. The minimum Gasteiger partial charge on any atom is -0.476 e. The molecule has 1 aliphatic heterocycles. The molecule has 21 heavy (non-hydrogen) atoms. The van der Waals surface area contributed by atoms with E-state index in [1.54, 1.807) is 17.8 Å². The number of carboxylic acid groups (broad SMARTS) is 1. The number of hydrogen-bond acceptors (Lipinski definition) is 4. The van der Waals surface area contributed by atoms with Crippen molar-refractivity contribution in [2.45, 2.75) is 45.8 Å². The Bertz CT molecular complexity index is 490. The molecule has 6 heteroatoms. The summed E-state index contributed by atoms with van der Waals surface area (Å²) in [5, 5.41) is 16.3. The molecule has 1 aliphatic rings. The van der Waals surface area contributed by atoms with Gasteiger partial charge >= 0.3 is 5.97 Å². The molecule has 0 aliphatic carbocycles. The third-order valence-electron chi connectivity index (χ3n) is 4.13. The highest BCUT2D eigenvalue weighted by Gasteiger charge is 2.31. The first-order chi connectivity index (χ1) is 9.90. The van der Waals surface area contributed by atoms with Crippen LogP contribution >= 0.6 is 0 Å². The van der Waals surface area contributed by atoms with Crippen molar-refractivity contribution in [2.75, 3.05) is 13.2 Å². The maximum absolute atomic E-state index is 10.9. The Balaban J connectivity index is 1.87. The minimum atomic E-state index is -0.993. The van der Waals surface area contributed by atoms with Crippen LogP contribution in [0.25, 0.3) is 0 Å². The minimum absolute atomic E-state index is 0.0641. The van der Waals surface area contributed by atoms with Gasteiger partial charge in [-0.25, -0.2) is 4.79 Å². The number of nitrogens with one attached hydrogen (secondary N) is 1. The van der Waals surface area contributed by atoms with Crippen LogP contribution < -0.4 is 5.32 Å². The molecule has 0 amide bonds. The standard InChI is InChI=1S/C15H25N3O3/c1-15(2,13-6-4-5-7-21-13)10-16-9-11-8-12(14(19)20)17-18(11)3/h8,13,16H,4-7,9-10H2,1-3H3,(H,19,20). The van der Waals surface area contributed by atoms with E-state index < -0.39 is 5.97 Å². The lowest BCUT2D eigenvalue weighted by atomic mass is 9.82. The van der Waals surface area contributed by atoms with E-state index in [2.05, 4.69) is 24.3 Å². The van der Waals surface area contributed by atoms with Crippen molar-refractivity contribution in [2.24, 2.45) is 12.5 Å². The van der Waals surface area contributed by atoms with Gasteiger partial charge in [0.05, 0.1) is 11.8 Å². The molecule has 1 fully saturated rings. The van der Waals surface area contributed by atoms with Gasteiger partial charge in [0.15, 0.2) is 5.69 Å². The first-order valence-corrected chi connectivity index (χ1v) is 7.49. The number of rotatable bonds is 6. The van der Waals surface area contributed by atoms with Gasteiger partial charge in [-0.1, -0.05) is 13.8 Å². The number of aryl methyl sites for hydroxylation is 1. The number of aromatic nitrogens is 2. The molecular formula is C15H25N3O3. The maximum Gasteiger partial charge on any atom is 0.356 e. The van der Waals surface area contributed by atoms with Crippen molar-refractivity contribution in [3.05, 3.63) is 17.5 Å². The number of ether oxygens (including phenoxy) is 1. The lowest BCUT2D eigenvalue weighted by Gasteiger charge is -2.37. The van der Waals surface area contributed by atoms with Crippen molar-refractivity contribution < 1.29 is 14.6 Å². The van der Waals surface area contributed by atoms with Crippen LogP contribution in [0.2, 0.25) is 0 Å². The van der Waals surface area contributed by atoms with E-state index in [9.17, 15) is 4.79 Å². The number of carbonyl (C=O) groups is 1. The second kappa shape index (κ2) is 6.58. The lowest BCUT2D eigenvalue weighted by molar-refractivity contribution is -0.0539. The fourth-order valence-electron chi connectivity index (χ4n) is 2.76. The molecule has 0 saturated carbocycles. The Morgan fingerprint density at radius 2 is 2.33 bits per heavy atom. The largest absolute Gasteiger partial charge is 0.476 e. The van der Waals surface area contributed by atoms with E-state index in [0.29, 0.717) is 12.6 Å². The topological polar surface area (TPSA) is 76.4 Å². The lowest BCUT2D eigenvalue weighted by Crippen LogP contribution is -2.42. The van der Waals surface area contributed by atoms with Crippen LogP contribution in [-0.4, -0.2) is 40.1 Å². The summed E-state index contributed by atoms with van der Waals surface area (Å²) in [7, 11) is 1.76. The molecule has 1 unspecified atom stereocenters. The summed E-state index contributed by atoms with van der Waals surface area (Å²) in [6, 6.07) is 1.61. The second-order valence-corrected chi connectivity index (χ2v) is 6.40. The molecule has 2 rings (SSSR count). The predicted octanol–water partition coefficient (Wildman–Crippen LogP) is 1.80. The zero-order valence-electron chi connectivity index (χ0n) is 13.1. The smallest absolute Gasteiger partial charge is 0.356 e. The summed E-state index contributed by atoms with van der Waals surface area (Å²) >= 11 is 0. The molecule has 1 aromatic heterocycles. The van der Waals surface area contributed by atoms with Crippen LogP contribution in [0.15, 0.2) is 6.07 Å². The average Bonchev–Trinajstić information content (AvgIpc) is 2.81. The van der Waals surface area contributed by atoms with Crippen LogP contribution in [0.1, 0.15) is 49.3 Å². The van der Waals surface area contributed by atoms with Crippen LogP contribution in [0.5, 0.6) is 0 Å². The van der Waals surface area contributed by atoms with Crippen molar-refractivity contribution in [1.29, 1.82) is 0 Å². The fourth-order valence-corrected chi connectivity index (χ4v) is 2.76. The van der Waals surface area contributed by atoms with Gasteiger partial charge < -0.3 is 15.2 Å². The van der Waals surface area contributed by atoms with Crippen LogP contribution in [0, 0.1) is 5.41 Å². The molecule has 2 N–H and O–H groups in total. The third kappa shape index (κ3) is 4.04. The number of nitrogens with zero attached hydrogens (tertiary/aromatic N) is 2. The number of carboxylic acids is 1. The van der Waals surface area contributed by atoms with E-state index in [0.717, 1.165) is 31.7 Å². The highest BCUT2D eigenvalue weighted by atomic mass is 16.5. The van der Waals surface area contributed by atoms with E-state index in [1.807, 2.05) is 0 Å². The highest BCUT2D eigenvalue weighted by molar-refractivity contribution is 5.85. The van der Waals surface area contributed by atoms with Crippen molar-refractivity contribution in [3.8, 4) is 0 Å². The third-order valence-corrected chi connectivity index (χ3v) is 4.13. The Morgan fingerprint density at radius 1 is 1.57 bits per heavy atom. The molecule has 2 heterocycles. The predicted molar refractivity (Wildman–Crippen MR) is 79.2 cm³/mol. The Hall–Kier alpha value is -1.40. The van der Waals surface area contributed by atoms with Crippen LogP contribution in [0.3, 0.4) is 0 Å². The molecular weight excluding hydrogens is 270 g/mol. The first kappa shape index (κ1) is 16.0. The van der Waals surface area contributed by atoms with Crippen molar-refractivity contribution >= 4 is 5.97 Å². The Kier molecular flexibility index (Phi) is 5.00. The van der Waals surface area contributed by atoms with Crippen molar-refractivity contribution in [1.82, 2.24) is 15.1 Å².